The molecule has 6 nitrogen and oxygen atoms in total. The van der Waals surface area contributed by atoms with Crippen molar-refractivity contribution in [3.05, 3.63) is 65.9 Å². The van der Waals surface area contributed by atoms with Gasteiger partial charge in [-0.2, -0.15) is 0 Å². The quantitative estimate of drug-likeness (QED) is 0.501. The SMILES string of the molecule is COc1ccccc1CN(CCc1c[nH]c2ccccc12)C(=O)CN(C(=O)C1CC1)C(C)C. The van der Waals surface area contributed by atoms with Gasteiger partial charge < -0.3 is 19.5 Å². The standard InChI is InChI=1S/C27H33N3O3/c1-19(2)30(27(32)20-12-13-20)18-26(31)29(17-22-8-4-7-11-25(22)33-3)15-14-21-16-28-24-10-6-5-9-23(21)24/h4-11,16,19-20,28H,12-15,17-18H2,1-3H3. The summed E-state index contributed by atoms with van der Waals surface area (Å²) in [5.74, 6) is 0.918. The summed E-state index contributed by atoms with van der Waals surface area (Å²) in [6, 6.07) is 16.0. The first kappa shape index (κ1) is 22.9. The summed E-state index contributed by atoms with van der Waals surface area (Å²) < 4.78 is 5.52. The van der Waals surface area contributed by atoms with E-state index in [1.807, 2.05) is 61.3 Å². The number of nitrogens with one attached hydrogen (secondary N) is 1. The third kappa shape index (κ3) is 5.38. The average molecular weight is 448 g/mol. The summed E-state index contributed by atoms with van der Waals surface area (Å²) in [4.78, 5) is 33.2. The van der Waals surface area contributed by atoms with Crippen LogP contribution >= 0.6 is 0 Å². The van der Waals surface area contributed by atoms with Gasteiger partial charge >= 0.3 is 0 Å². The number of carbonyl (C=O) groups excluding carboxylic acids is 2. The molecule has 1 aromatic heterocycles. The van der Waals surface area contributed by atoms with Crippen molar-refractivity contribution >= 4 is 22.7 Å². The molecule has 6 heteroatoms. The molecule has 1 aliphatic rings. The number of rotatable bonds is 10. The fourth-order valence-electron chi connectivity index (χ4n) is 4.25. The fourth-order valence-corrected chi connectivity index (χ4v) is 4.25. The van der Waals surface area contributed by atoms with E-state index in [1.54, 1.807) is 12.0 Å². The predicted octanol–water partition coefficient (Wildman–Crippen LogP) is 4.39. The highest BCUT2D eigenvalue weighted by Crippen LogP contribution is 2.31. The van der Waals surface area contributed by atoms with Crippen LogP contribution < -0.4 is 4.74 Å². The molecule has 33 heavy (non-hydrogen) atoms. The van der Waals surface area contributed by atoms with Gasteiger partial charge in [0.2, 0.25) is 11.8 Å². The van der Waals surface area contributed by atoms with E-state index in [0.29, 0.717) is 13.1 Å². The second-order valence-electron chi connectivity index (χ2n) is 9.07. The molecule has 0 spiro atoms. The third-order valence-corrected chi connectivity index (χ3v) is 6.37. The minimum absolute atomic E-state index is 0.0104. The van der Waals surface area contributed by atoms with Gasteiger partial charge in [-0.05, 0) is 50.8 Å². The first-order valence-electron chi connectivity index (χ1n) is 11.7. The number of hydrogen-bond donors (Lipinski definition) is 1. The van der Waals surface area contributed by atoms with E-state index < -0.39 is 0 Å². The van der Waals surface area contributed by atoms with Crippen LogP contribution in [0.1, 0.15) is 37.8 Å². The highest BCUT2D eigenvalue weighted by atomic mass is 16.5. The van der Waals surface area contributed by atoms with E-state index in [9.17, 15) is 9.59 Å². The zero-order chi connectivity index (χ0) is 23.4. The molecule has 2 amide bonds. The molecule has 1 aliphatic carbocycles. The van der Waals surface area contributed by atoms with Gasteiger partial charge in [0, 0.05) is 47.7 Å². The van der Waals surface area contributed by atoms with Gasteiger partial charge in [0.15, 0.2) is 0 Å². The number of benzene rings is 2. The molecule has 0 aliphatic heterocycles. The smallest absolute Gasteiger partial charge is 0.242 e. The zero-order valence-electron chi connectivity index (χ0n) is 19.7. The summed E-state index contributed by atoms with van der Waals surface area (Å²) in [6.45, 7) is 5.06. The Bertz CT molecular complexity index is 1120. The number of H-pyrrole nitrogens is 1. The molecular weight excluding hydrogens is 414 g/mol. The van der Waals surface area contributed by atoms with Gasteiger partial charge in [-0.25, -0.2) is 0 Å². The lowest BCUT2D eigenvalue weighted by molar-refractivity contribution is -0.143. The Hall–Kier alpha value is -3.28. The minimum Gasteiger partial charge on any atom is -0.496 e. The van der Waals surface area contributed by atoms with E-state index >= 15 is 0 Å². The van der Waals surface area contributed by atoms with Gasteiger partial charge in [-0.3, -0.25) is 9.59 Å². The van der Waals surface area contributed by atoms with Crippen LogP contribution in [0.15, 0.2) is 54.7 Å². The highest BCUT2D eigenvalue weighted by molar-refractivity contribution is 5.87. The topological polar surface area (TPSA) is 65.6 Å². The van der Waals surface area contributed by atoms with E-state index in [0.717, 1.165) is 36.1 Å². The number of fused-ring (bicyclic) bond motifs is 1. The van der Waals surface area contributed by atoms with Crippen molar-refractivity contribution in [1.82, 2.24) is 14.8 Å². The first-order valence-corrected chi connectivity index (χ1v) is 11.7. The van der Waals surface area contributed by atoms with Crippen molar-refractivity contribution in [2.75, 3.05) is 20.2 Å². The lowest BCUT2D eigenvalue weighted by Crippen LogP contribution is -2.46. The number of ether oxygens (including phenoxy) is 1. The van der Waals surface area contributed by atoms with Crippen LogP contribution in [-0.4, -0.2) is 52.8 Å². The molecule has 0 saturated heterocycles. The van der Waals surface area contributed by atoms with Crippen LogP contribution in [0.3, 0.4) is 0 Å². The van der Waals surface area contributed by atoms with Gasteiger partial charge in [0.1, 0.15) is 5.75 Å². The Labute approximate surface area is 195 Å². The summed E-state index contributed by atoms with van der Waals surface area (Å²) >= 11 is 0. The molecule has 1 heterocycles. The largest absolute Gasteiger partial charge is 0.496 e. The van der Waals surface area contributed by atoms with Gasteiger partial charge in [-0.15, -0.1) is 0 Å². The number of aromatic nitrogens is 1. The average Bonchev–Trinajstić information content (AvgIpc) is 3.60. The van der Waals surface area contributed by atoms with Crippen molar-refractivity contribution in [2.24, 2.45) is 5.92 Å². The van der Waals surface area contributed by atoms with E-state index in [-0.39, 0.29) is 30.3 Å². The van der Waals surface area contributed by atoms with Crippen molar-refractivity contribution in [2.45, 2.75) is 45.7 Å². The van der Waals surface area contributed by atoms with E-state index in [4.69, 9.17) is 4.74 Å². The van der Waals surface area contributed by atoms with Crippen LogP contribution in [0.4, 0.5) is 0 Å². The van der Waals surface area contributed by atoms with Crippen LogP contribution in [0.25, 0.3) is 10.9 Å². The summed E-state index contributed by atoms with van der Waals surface area (Å²) in [5.41, 5.74) is 3.23. The molecule has 1 N–H and O–H groups in total. The van der Waals surface area contributed by atoms with Crippen LogP contribution in [-0.2, 0) is 22.6 Å². The molecule has 0 unspecified atom stereocenters. The molecule has 4 rings (SSSR count). The fraction of sp³-hybridized carbons (Fsp3) is 0.407. The number of carbonyl (C=O) groups is 2. The zero-order valence-corrected chi connectivity index (χ0v) is 19.7. The maximum atomic E-state index is 13.5. The summed E-state index contributed by atoms with van der Waals surface area (Å²) in [5, 5.41) is 1.18. The van der Waals surface area contributed by atoms with Crippen molar-refractivity contribution in [3.63, 3.8) is 0 Å². The third-order valence-electron chi connectivity index (χ3n) is 6.37. The molecule has 0 radical (unpaired) electrons. The maximum absolute atomic E-state index is 13.5. The van der Waals surface area contributed by atoms with Crippen LogP contribution in [0, 0.1) is 5.92 Å². The van der Waals surface area contributed by atoms with Gasteiger partial charge in [0.25, 0.3) is 0 Å². The molecule has 0 bridgehead atoms. The Balaban J connectivity index is 1.54. The number of nitrogens with zero attached hydrogens (tertiary/aromatic N) is 2. The van der Waals surface area contributed by atoms with E-state index in [2.05, 4.69) is 17.1 Å². The predicted molar refractivity (Wildman–Crippen MR) is 130 cm³/mol. The number of aromatic amines is 1. The number of hydrogen-bond acceptors (Lipinski definition) is 3. The molecule has 1 saturated carbocycles. The Morgan fingerprint density at radius 1 is 1.06 bits per heavy atom. The molecule has 1 fully saturated rings. The van der Waals surface area contributed by atoms with Crippen molar-refractivity contribution in [1.29, 1.82) is 0 Å². The van der Waals surface area contributed by atoms with Crippen molar-refractivity contribution < 1.29 is 14.3 Å². The van der Waals surface area contributed by atoms with Crippen molar-refractivity contribution in [3.8, 4) is 5.75 Å². The summed E-state index contributed by atoms with van der Waals surface area (Å²) in [7, 11) is 1.64. The second-order valence-corrected chi connectivity index (χ2v) is 9.07. The van der Waals surface area contributed by atoms with Gasteiger partial charge in [-0.1, -0.05) is 36.4 Å². The van der Waals surface area contributed by atoms with E-state index in [1.165, 1.54) is 10.9 Å². The molecule has 174 valence electrons. The Kier molecular flexibility index (Phi) is 7.02. The minimum atomic E-state index is -0.0385. The van der Waals surface area contributed by atoms with Gasteiger partial charge in [0.05, 0.1) is 13.7 Å². The molecule has 2 aromatic carbocycles. The number of amides is 2. The first-order chi connectivity index (χ1) is 16.0. The maximum Gasteiger partial charge on any atom is 0.242 e. The Morgan fingerprint density at radius 3 is 2.52 bits per heavy atom. The normalized spacial score (nSPS) is 13.3. The molecular formula is C27H33N3O3. The monoisotopic (exact) mass is 447 g/mol. The van der Waals surface area contributed by atoms with Crippen LogP contribution in [0.2, 0.25) is 0 Å². The Morgan fingerprint density at radius 2 is 1.79 bits per heavy atom. The second kappa shape index (κ2) is 10.1. The lowest BCUT2D eigenvalue weighted by atomic mass is 10.1. The number of methoxy groups -OCH3 is 1. The lowest BCUT2D eigenvalue weighted by Gasteiger charge is -2.30. The summed E-state index contributed by atoms with van der Waals surface area (Å²) in [6.07, 6.45) is 4.61. The molecule has 3 aromatic rings. The highest BCUT2D eigenvalue weighted by Gasteiger charge is 2.35. The number of para-hydroxylation sites is 2. The van der Waals surface area contributed by atoms with Crippen LogP contribution in [0.5, 0.6) is 5.75 Å². The molecule has 0 atom stereocenters.